The van der Waals surface area contributed by atoms with Crippen molar-refractivity contribution in [3.8, 4) is 0 Å². The number of pyridine rings is 1. The summed E-state index contributed by atoms with van der Waals surface area (Å²) < 4.78 is 0. The summed E-state index contributed by atoms with van der Waals surface area (Å²) in [6, 6.07) is 12.3. The summed E-state index contributed by atoms with van der Waals surface area (Å²) in [4.78, 5) is 12.3. The average molecular weight is 463 g/mol. The highest BCUT2D eigenvalue weighted by Crippen LogP contribution is 2.22. The molecule has 2 heterocycles. The van der Waals surface area contributed by atoms with E-state index in [0.717, 1.165) is 31.2 Å². The molecule has 0 aliphatic carbocycles. The molecule has 0 fully saturated rings. The maximum absolute atomic E-state index is 4.61. The van der Waals surface area contributed by atoms with Gasteiger partial charge in [-0.25, -0.2) is 4.99 Å². The number of nitrogens with one attached hydrogen (secondary N) is 3. The first-order chi connectivity index (χ1) is 12.3. The summed E-state index contributed by atoms with van der Waals surface area (Å²) in [6.07, 6.45) is 4.85. The van der Waals surface area contributed by atoms with Crippen LogP contribution in [0.5, 0.6) is 0 Å². The topological polar surface area (TPSA) is 65.1 Å². The molecule has 6 heteroatoms. The minimum Gasteiger partial charge on any atom is -0.361 e. The van der Waals surface area contributed by atoms with Crippen LogP contribution in [0.3, 0.4) is 0 Å². The van der Waals surface area contributed by atoms with Gasteiger partial charge >= 0.3 is 0 Å². The third kappa shape index (κ3) is 5.20. The summed E-state index contributed by atoms with van der Waals surface area (Å²) in [7, 11) is 0. The molecule has 0 radical (unpaired) electrons. The van der Waals surface area contributed by atoms with Crippen LogP contribution in [0.2, 0.25) is 0 Å². The van der Waals surface area contributed by atoms with Gasteiger partial charge in [-0.1, -0.05) is 18.2 Å². The zero-order valence-electron chi connectivity index (χ0n) is 15.2. The Hall–Kier alpha value is -2.09. The van der Waals surface area contributed by atoms with Gasteiger partial charge < -0.3 is 15.6 Å². The molecule has 0 aliphatic rings. The number of aromatic amines is 1. The Morgan fingerprint density at radius 3 is 2.81 bits per heavy atom. The molecule has 26 heavy (non-hydrogen) atoms. The van der Waals surface area contributed by atoms with Crippen molar-refractivity contribution < 1.29 is 0 Å². The van der Waals surface area contributed by atoms with Crippen LogP contribution in [0.25, 0.3) is 10.9 Å². The van der Waals surface area contributed by atoms with E-state index < -0.39 is 0 Å². The molecule has 3 rings (SSSR count). The summed E-state index contributed by atoms with van der Waals surface area (Å²) in [5.41, 5.74) is 4.81. The fraction of sp³-hybridized carbons (Fsp3) is 0.300. The number of aromatic nitrogens is 2. The van der Waals surface area contributed by atoms with Crippen LogP contribution in [0.15, 0.2) is 53.8 Å². The lowest BCUT2D eigenvalue weighted by atomic mass is 10.1. The SMILES string of the molecule is CCNC(=NCc1ccccn1)NCCc1c[nH]c2cccc(C)c12.I. The predicted molar refractivity (Wildman–Crippen MR) is 119 cm³/mol. The van der Waals surface area contributed by atoms with Crippen LogP contribution < -0.4 is 10.6 Å². The third-order valence-corrected chi connectivity index (χ3v) is 4.15. The Balaban J connectivity index is 0.00000243. The molecule has 0 saturated carbocycles. The number of aryl methyl sites for hydroxylation is 1. The van der Waals surface area contributed by atoms with E-state index in [2.05, 4.69) is 63.8 Å². The van der Waals surface area contributed by atoms with E-state index >= 15 is 0 Å². The molecular formula is C20H26IN5. The Morgan fingerprint density at radius 1 is 1.15 bits per heavy atom. The lowest BCUT2D eigenvalue weighted by molar-refractivity contribution is 0.798. The quantitative estimate of drug-likeness (QED) is 0.296. The zero-order valence-corrected chi connectivity index (χ0v) is 17.6. The maximum Gasteiger partial charge on any atom is 0.191 e. The van der Waals surface area contributed by atoms with Crippen LogP contribution in [0, 0.1) is 6.92 Å². The largest absolute Gasteiger partial charge is 0.361 e. The van der Waals surface area contributed by atoms with Crippen molar-refractivity contribution in [2.24, 2.45) is 4.99 Å². The second-order valence-electron chi connectivity index (χ2n) is 6.00. The number of aliphatic imine (C=N–C) groups is 1. The first-order valence-electron chi connectivity index (χ1n) is 8.75. The predicted octanol–water partition coefficient (Wildman–Crippen LogP) is 3.79. The molecule has 0 saturated heterocycles. The molecule has 2 aromatic heterocycles. The Labute approximate surface area is 171 Å². The highest BCUT2D eigenvalue weighted by atomic mass is 127. The van der Waals surface area contributed by atoms with Crippen molar-refractivity contribution in [1.82, 2.24) is 20.6 Å². The molecule has 138 valence electrons. The molecule has 5 nitrogen and oxygen atoms in total. The molecule has 0 atom stereocenters. The number of fused-ring (bicyclic) bond motifs is 1. The molecule has 3 N–H and O–H groups in total. The monoisotopic (exact) mass is 463 g/mol. The van der Waals surface area contributed by atoms with Gasteiger partial charge in [0.2, 0.25) is 0 Å². The van der Waals surface area contributed by atoms with Crippen LogP contribution in [-0.4, -0.2) is 29.0 Å². The molecule has 0 unspecified atom stereocenters. The second-order valence-corrected chi connectivity index (χ2v) is 6.00. The number of H-pyrrole nitrogens is 1. The average Bonchev–Trinajstić information content (AvgIpc) is 3.05. The maximum atomic E-state index is 4.61. The van der Waals surface area contributed by atoms with E-state index in [9.17, 15) is 0 Å². The molecule has 1 aromatic carbocycles. The minimum atomic E-state index is 0. The Bertz CT molecular complexity index is 842. The van der Waals surface area contributed by atoms with Crippen molar-refractivity contribution in [2.45, 2.75) is 26.8 Å². The van der Waals surface area contributed by atoms with Crippen molar-refractivity contribution in [2.75, 3.05) is 13.1 Å². The summed E-state index contributed by atoms with van der Waals surface area (Å²) >= 11 is 0. The molecule has 0 spiro atoms. The van der Waals surface area contributed by atoms with Gasteiger partial charge in [0.15, 0.2) is 5.96 Å². The van der Waals surface area contributed by atoms with E-state index in [1.54, 1.807) is 6.20 Å². The van der Waals surface area contributed by atoms with Crippen molar-refractivity contribution in [3.05, 3.63) is 65.6 Å². The lowest BCUT2D eigenvalue weighted by Gasteiger charge is -2.11. The second kappa shape index (κ2) is 10.2. The highest BCUT2D eigenvalue weighted by molar-refractivity contribution is 14.0. The van der Waals surface area contributed by atoms with E-state index in [-0.39, 0.29) is 24.0 Å². The first-order valence-corrected chi connectivity index (χ1v) is 8.75. The fourth-order valence-corrected chi connectivity index (χ4v) is 2.96. The van der Waals surface area contributed by atoms with Crippen LogP contribution in [-0.2, 0) is 13.0 Å². The number of halogens is 1. The van der Waals surface area contributed by atoms with Gasteiger partial charge in [-0.15, -0.1) is 24.0 Å². The zero-order chi connectivity index (χ0) is 17.5. The van der Waals surface area contributed by atoms with Crippen molar-refractivity contribution in [1.29, 1.82) is 0 Å². The highest BCUT2D eigenvalue weighted by Gasteiger charge is 2.06. The molecular weight excluding hydrogens is 437 g/mol. The van der Waals surface area contributed by atoms with Crippen molar-refractivity contribution in [3.63, 3.8) is 0 Å². The van der Waals surface area contributed by atoms with Crippen LogP contribution in [0.4, 0.5) is 0 Å². The van der Waals surface area contributed by atoms with Crippen LogP contribution in [0.1, 0.15) is 23.7 Å². The minimum absolute atomic E-state index is 0. The third-order valence-electron chi connectivity index (χ3n) is 4.15. The van der Waals surface area contributed by atoms with Gasteiger partial charge in [-0.2, -0.15) is 0 Å². The van der Waals surface area contributed by atoms with Crippen LogP contribution >= 0.6 is 24.0 Å². The van der Waals surface area contributed by atoms with Crippen molar-refractivity contribution >= 4 is 40.8 Å². The Morgan fingerprint density at radius 2 is 2.04 bits per heavy atom. The number of guanidine groups is 1. The molecule has 0 bridgehead atoms. The normalized spacial score (nSPS) is 11.2. The van der Waals surface area contributed by atoms with Gasteiger partial charge in [-0.3, -0.25) is 4.98 Å². The standard InChI is InChI=1S/C20H25N5.HI/c1-3-21-20(25-14-17-8-4-5-11-22-17)23-12-10-16-13-24-18-9-6-7-15(2)19(16)18;/h4-9,11,13,24H,3,10,12,14H2,1-2H3,(H2,21,23,25);1H. The van der Waals surface area contributed by atoms with Gasteiger partial charge in [0.1, 0.15) is 0 Å². The number of hydrogen-bond donors (Lipinski definition) is 3. The summed E-state index contributed by atoms with van der Waals surface area (Å²) in [5, 5.41) is 8.03. The fourth-order valence-electron chi connectivity index (χ4n) is 2.96. The van der Waals surface area contributed by atoms with Gasteiger partial charge in [-0.05, 0) is 49.6 Å². The molecule has 0 amide bonds. The Kier molecular flexibility index (Phi) is 7.90. The number of hydrogen-bond acceptors (Lipinski definition) is 2. The van der Waals surface area contributed by atoms with E-state index in [1.807, 2.05) is 18.2 Å². The number of nitrogens with zero attached hydrogens (tertiary/aromatic N) is 2. The van der Waals surface area contributed by atoms with Gasteiger partial charge in [0.05, 0.1) is 12.2 Å². The first kappa shape index (κ1) is 20.2. The summed E-state index contributed by atoms with van der Waals surface area (Å²) in [6.45, 7) is 6.46. The summed E-state index contributed by atoms with van der Waals surface area (Å²) in [5.74, 6) is 0.824. The number of rotatable bonds is 6. The smallest absolute Gasteiger partial charge is 0.191 e. The van der Waals surface area contributed by atoms with Gasteiger partial charge in [0.25, 0.3) is 0 Å². The molecule has 0 aliphatic heterocycles. The van der Waals surface area contributed by atoms with E-state index in [0.29, 0.717) is 6.54 Å². The number of benzene rings is 1. The van der Waals surface area contributed by atoms with Gasteiger partial charge in [0, 0.05) is 36.4 Å². The van der Waals surface area contributed by atoms with E-state index in [1.165, 1.54) is 22.0 Å². The van der Waals surface area contributed by atoms with E-state index in [4.69, 9.17) is 0 Å². The lowest BCUT2D eigenvalue weighted by Crippen LogP contribution is -2.38. The molecule has 3 aromatic rings.